The van der Waals surface area contributed by atoms with Gasteiger partial charge >= 0.3 is 0 Å². The first kappa shape index (κ1) is 19.3. The predicted octanol–water partition coefficient (Wildman–Crippen LogP) is 4.02. The molecule has 0 unspecified atom stereocenters. The van der Waals surface area contributed by atoms with Crippen LogP contribution in [0.2, 0.25) is 0 Å². The molecule has 148 valence electrons. The molecule has 28 heavy (non-hydrogen) atoms. The van der Waals surface area contributed by atoms with E-state index >= 15 is 0 Å². The van der Waals surface area contributed by atoms with Crippen LogP contribution < -0.4 is 9.47 Å². The van der Waals surface area contributed by atoms with Crippen molar-refractivity contribution in [3.63, 3.8) is 0 Å². The van der Waals surface area contributed by atoms with Crippen molar-refractivity contribution in [1.29, 1.82) is 0 Å². The van der Waals surface area contributed by atoms with Crippen LogP contribution in [0.1, 0.15) is 30.0 Å². The number of hydrogen-bond acceptors (Lipinski definition) is 4. The van der Waals surface area contributed by atoms with Gasteiger partial charge in [-0.05, 0) is 54.8 Å². The Morgan fingerprint density at radius 1 is 1.14 bits per heavy atom. The molecule has 1 atom stereocenters. The fourth-order valence-corrected chi connectivity index (χ4v) is 4.17. The topological polar surface area (TPSA) is 42.0 Å². The Kier molecular flexibility index (Phi) is 5.87. The van der Waals surface area contributed by atoms with E-state index < -0.39 is 0 Å². The van der Waals surface area contributed by atoms with Crippen LogP contribution in [0.4, 0.5) is 0 Å². The fraction of sp³-hybridized carbons (Fsp3) is 0.409. The monoisotopic (exact) mass is 444 g/mol. The molecule has 2 aliphatic heterocycles. The average molecular weight is 445 g/mol. The Bertz CT molecular complexity index is 840. The third kappa shape index (κ3) is 4.33. The number of carbonyl (C=O) groups is 1. The van der Waals surface area contributed by atoms with E-state index in [0.29, 0.717) is 26.3 Å². The number of likely N-dealkylation sites (N-methyl/N-ethyl adjacent to an activating group) is 1. The molecular weight excluding hydrogens is 420 g/mol. The number of benzene rings is 2. The van der Waals surface area contributed by atoms with Gasteiger partial charge in [-0.2, -0.15) is 0 Å². The zero-order valence-electron chi connectivity index (χ0n) is 16.1. The lowest BCUT2D eigenvalue weighted by Gasteiger charge is -2.28. The maximum Gasteiger partial charge on any atom is 0.236 e. The number of halogens is 1. The highest BCUT2D eigenvalue weighted by atomic mass is 79.9. The van der Waals surface area contributed by atoms with Crippen LogP contribution in [-0.2, 0) is 11.3 Å². The van der Waals surface area contributed by atoms with Gasteiger partial charge in [-0.15, -0.1) is 0 Å². The number of hydrogen-bond donors (Lipinski definition) is 0. The van der Waals surface area contributed by atoms with E-state index in [2.05, 4.69) is 33.0 Å². The van der Waals surface area contributed by atoms with Gasteiger partial charge in [0.05, 0.1) is 6.54 Å². The largest absolute Gasteiger partial charge is 0.486 e. The predicted molar refractivity (Wildman–Crippen MR) is 112 cm³/mol. The summed E-state index contributed by atoms with van der Waals surface area (Å²) in [5.41, 5.74) is 2.33. The van der Waals surface area contributed by atoms with Crippen molar-refractivity contribution in [1.82, 2.24) is 9.80 Å². The first-order chi connectivity index (χ1) is 13.6. The molecule has 2 aliphatic rings. The van der Waals surface area contributed by atoms with Gasteiger partial charge in [0.25, 0.3) is 0 Å². The first-order valence-electron chi connectivity index (χ1n) is 9.72. The molecule has 1 fully saturated rings. The number of amides is 1. The summed E-state index contributed by atoms with van der Waals surface area (Å²) in [4.78, 5) is 16.9. The summed E-state index contributed by atoms with van der Waals surface area (Å²) >= 11 is 3.45. The zero-order valence-corrected chi connectivity index (χ0v) is 17.7. The van der Waals surface area contributed by atoms with Crippen LogP contribution in [0, 0.1) is 0 Å². The lowest BCUT2D eigenvalue weighted by molar-refractivity contribution is -0.131. The average Bonchev–Trinajstić information content (AvgIpc) is 3.17. The highest BCUT2D eigenvalue weighted by molar-refractivity contribution is 9.10. The Morgan fingerprint density at radius 2 is 1.89 bits per heavy atom. The quantitative estimate of drug-likeness (QED) is 0.698. The maximum atomic E-state index is 12.8. The molecule has 0 saturated carbocycles. The summed E-state index contributed by atoms with van der Waals surface area (Å²) in [6.45, 7) is 3.18. The lowest BCUT2D eigenvalue weighted by Crippen LogP contribution is -2.37. The summed E-state index contributed by atoms with van der Waals surface area (Å²) in [7, 11) is 1.87. The van der Waals surface area contributed by atoms with Crippen molar-refractivity contribution >= 4 is 21.8 Å². The second kappa shape index (κ2) is 8.53. The molecule has 2 heterocycles. The summed E-state index contributed by atoms with van der Waals surface area (Å²) in [5, 5.41) is 0. The van der Waals surface area contributed by atoms with E-state index in [0.717, 1.165) is 40.9 Å². The van der Waals surface area contributed by atoms with Crippen LogP contribution in [0.15, 0.2) is 46.9 Å². The van der Waals surface area contributed by atoms with Crippen LogP contribution in [0.5, 0.6) is 11.5 Å². The van der Waals surface area contributed by atoms with Gasteiger partial charge in [0, 0.05) is 24.1 Å². The summed E-state index contributed by atoms with van der Waals surface area (Å²) in [6.07, 6.45) is 2.16. The standard InChI is InChI=1S/C22H25BrN2O3/c1-24(14-16-4-7-18(23)8-5-16)22(26)15-25-10-2-3-19(25)17-6-9-20-21(13-17)28-12-11-27-20/h4-9,13,19H,2-3,10-12,14-15H2,1H3/t19-/m1/s1. The second-order valence-electron chi connectivity index (χ2n) is 7.41. The highest BCUT2D eigenvalue weighted by Gasteiger charge is 2.29. The number of nitrogens with zero attached hydrogens (tertiary/aromatic N) is 2. The zero-order chi connectivity index (χ0) is 19.5. The number of ether oxygens (including phenoxy) is 2. The highest BCUT2D eigenvalue weighted by Crippen LogP contribution is 2.37. The number of likely N-dealkylation sites (tertiary alicyclic amines) is 1. The Morgan fingerprint density at radius 3 is 2.68 bits per heavy atom. The summed E-state index contributed by atoms with van der Waals surface area (Å²) in [5.74, 6) is 1.77. The van der Waals surface area contributed by atoms with E-state index in [1.54, 1.807) is 0 Å². The van der Waals surface area contributed by atoms with Crippen LogP contribution in [0.3, 0.4) is 0 Å². The van der Waals surface area contributed by atoms with Gasteiger partial charge in [-0.3, -0.25) is 9.69 Å². The van der Waals surface area contributed by atoms with Crippen molar-refractivity contribution in [2.24, 2.45) is 0 Å². The minimum absolute atomic E-state index is 0.146. The molecule has 1 amide bonds. The van der Waals surface area contributed by atoms with Crippen molar-refractivity contribution < 1.29 is 14.3 Å². The molecule has 0 radical (unpaired) electrons. The number of rotatable bonds is 5. The molecule has 5 nitrogen and oxygen atoms in total. The molecule has 6 heteroatoms. The molecule has 0 aromatic heterocycles. The van der Waals surface area contributed by atoms with Crippen LogP contribution in [-0.4, -0.2) is 49.1 Å². The van der Waals surface area contributed by atoms with Gasteiger partial charge in [0.1, 0.15) is 13.2 Å². The molecule has 2 aromatic carbocycles. The summed E-state index contributed by atoms with van der Waals surface area (Å²) in [6, 6.07) is 14.5. The smallest absolute Gasteiger partial charge is 0.236 e. The first-order valence-corrected chi connectivity index (χ1v) is 10.5. The molecule has 4 rings (SSSR count). The third-order valence-corrected chi connectivity index (χ3v) is 5.94. The van der Waals surface area contributed by atoms with Gasteiger partial charge in [0.2, 0.25) is 5.91 Å². The van der Waals surface area contributed by atoms with Gasteiger partial charge in [0.15, 0.2) is 11.5 Å². The molecule has 1 saturated heterocycles. The summed E-state index contributed by atoms with van der Waals surface area (Å²) < 4.78 is 12.4. The Hall–Kier alpha value is -2.05. The molecule has 0 spiro atoms. The minimum Gasteiger partial charge on any atom is -0.486 e. The maximum absolute atomic E-state index is 12.8. The Balaban J connectivity index is 1.40. The lowest BCUT2D eigenvalue weighted by atomic mass is 10.0. The number of fused-ring (bicyclic) bond motifs is 1. The molecule has 0 bridgehead atoms. The van der Waals surface area contributed by atoms with Crippen LogP contribution in [0.25, 0.3) is 0 Å². The van der Waals surface area contributed by atoms with E-state index in [4.69, 9.17) is 9.47 Å². The van der Waals surface area contributed by atoms with Crippen molar-refractivity contribution in [3.05, 3.63) is 58.1 Å². The van der Waals surface area contributed by atoms with Crippen molar-refractivity contribution in [2.75, 3.05) is 33.4 Å². The van der Waals surface area contributed by atoms with Gasteiger partial charge in [-0.1, -0.05) is 34.1 Å². The normalized spacial score (nSPS) is 18.9. The van der Waals surface area contributed by atoms with Gasteiger partial charge < -0.3 is 14.4 Å². The minimum atomic E-state index is 0.146. The SMILES string of the molecule is CN(Cc1ccc(Br)cc1)C(=O)CN1CCC[C@@H]1c1ccc2c(c1)OCCO2. The van der Waals surface area contributed by atoms with E-state index in [9.17, 15) is 4.79 Å². The third-order valence-electron chi connectivity index (χ3n) is 5.41. The second-order valence-corrected chi connectivity index (χ2v) is 8.32. The van der Waals surface area contributed by atoms with E-state index in [1.807, 2.05) is 42.3 Å². The van der Waals surface area contributed by atoms with Gasteiger partial charge in [-0.25, -0.2) is 0 Å². The van der Waals surface area contributed by atoms with Crippen LogP contribution >= 0.6 is 15.9 Å². The molecular formula is C22H25BrN2O3. The Labute approximate surface area is 174 Å². The molecule has 2 aromatic rings. The van der Waals surface area contributed by atoms with Crippen molar-refractivity contribution in [2.45, 2.75) is 25.4 Å². The fourth-order valence-electron chi connectivity index (χ4n) is 3.91. The van der Waals surface area contributed by atoms with E-state index in [-0.39, 0.29) is 11.9 Å². The van der Waals surface area contributed by atoms with Crippen molar-refractivity contribution in [3.8, 4) is 11.5 Å². The number of carbonyl (C=O) groups excluding carboxylic acids is 1. The molecule has 0 N–H and O–H groups in total. The molecule has 0 aliphatic carbocycles. The van der Waals surface area contributed by atoms with E-state index in [1.165, 1.54) is 5.56 Å².